The topological polar surface area (TPSA) is 64.8 Å². The molecule has 0 aliphatic heterocycles. The monoisotopic (exact) mass is 548 g/mol. The van der Waals surface area contributed by atoms with Crippen molar-refractivity contribution in [1.29, 1.82) is 0 Å². The van der Waals surface area contributed by atoms with E-state index in [2.05, 4.69) is 4.90 Å². The minimum absolute atomic E-state index is 0.0251. The number of benzene rings is 4. The quantitative estimate of drug-likeness (QED) is 0.195. The maximum atomic E-state index is 11.8. The lowest BCUT2D eigenvalue weighted by atomic mass is 10.1. The first-order valence-electron chi connectivity index (χ1n) is 12.4. The second-order valence-electron chi connectivity index (χ2n) is 9.04. The third-order valence-corrected chi connectivity index (χ3v) is 6.60. The van der Waals surface area contributed by atoms with Crippen LogP contribution >= 0.6 is 23.2 Å². The Labute approximate surface area is 233 Å². The van der Waals surface area contributed by atoms with Gasteiger partial charge in [-0.2, -0.15) is 0 Å². The Bertz CT molecular complexity index is 1250. The molecule has 0 aromatic heterocycles. The fourth-order valence-electron chi connectivity index (χ4n) is 3.95. The Morgan fingerprint density at radius 1 is 0.737 bits per heavy atom. The van der Waals surface area contributed by atoms with Crippen LogP contribution in [-0.4, -0.2) is 23.3 Å². The average molecular weight is 549 g/mol. The second-order valence-corrected chi connectivity index (χ2v) is 9.92. The molecule has 0 saturated heterocycles. The molecule has 0 unspecified atom stereocenters. The number of Topliss-reactive ketones (excluding diaryl/α,β-unsaturated/α-hetero) is 1. The van der Waals surface area contributed by atoms with E-state index in [1.54, 1.807) is 24.3 Å². The Balaban J connectivity index is 1.57. The van der Waals surface area contributed by atoms with Crippen molar-refractivity contribution in [3.05, 3.63) is 118 Å². The van der Waals surface area contributed by atoms with E-state index in [-0.39, 0.29) is 5.78 Å². The number of carbonyl (C=O) groups excluding carboxylic acids is 1. The lowest BCUT2D eigenvalue weighted by Gasteiger charge is -2.25. The van der Waals surface area contributed by atoms with Crippen LogP contribution < -0.4 is 15.2 Å². The number of ether oxygens (including phenoxy) is 2. The highest BCUT2D eigenvalue weighted by atomic mass is 35.5. The molecule has 38 heavy (non-hydrogen) atoms. The van der Waals surface area contributed by atoms with E-state index in [1.165, 1.54) is 6.92 Å². The minimum atomic E-state index is -0.515. The van der Waals surface area contributed by atoms with Crippen LogP contribution in [0.15, 0.2) is 97.1 Å². The van der Waals surface area contributed by atoms with Crippen LogP contribution in [-0.2, 0) is 17.9 Å². The fourth-order valence-corrected chi connectivity index (χ4v) is 4.20. The Kier molecular flexibility index (Phi) is 9.79. The molecule has 196 valence electrons. The van der Waals surface area contributed by atoms with Gasteiger partial charge < -0.3 is 15.2 Å². The van der Waals surface area contributed by atoms with Crippen molar-refractivity contribution in [2.24, 2.45) is 5.73 Å². The van der Waals surface area contributed by atoms with Gasteiger partial charge in [-0.15, -0.1) is 0 Å². The van der Waals surface area contributed by atoms with Crippen molar-refractivity contribution in [2.75, 3.05) is 6.54 Å². The van der Waals surface area contributed by atoms with Crippen molar-refractivity contribution < 1.29 is 14.3 Å². The van der Waals surface area contributed by atoms with Crippen LogP contribution in [0, 0.1) is 0 Å². The summed E-state index contributed by atoms with van der Waals surface area (Å²) in [5, 5.41) is 1.30. The summed E-state index contributed by atoms with van der Waals surface area (Å²) in [6.07, 6.45) is 0.537. The molecular weight excluding hydrogens is 519 g/mol. The maximum absolute atomic E-state index is 11.8. The van der Waals surface area contributed by atoms with E-state index in [1.807, 2.05) is 72.8 Å². The zero-order valence-corrected chi connectivity index (χ0v) is 22.7. The molecule has 4 aromatic rings. The molecule has 0 fully saturated rings. The lowest BCUT2D eigenvalue weighted by molar-refractivity contribution is -0.118. The smallest absolute Gasteiger partial charge is 0.146 e. The summed E-state index contributed by atoms with van der Waals surface area (Å²) in [4.78, 5) is 14.1. The SMILES string of the molecule is CC(=O)[C@@H](N)CCN(Cc1ccccc1Oc1ccc(Cl)cc1)Cc1ccccc1Oc1ccc(Cl)cc1. The molecule has 2 N–H and O–H groups in total. The number of hydrogen-bond acceptors (Lipinski definition) is 5. The highest BCUT2D eigenvalue weighted by Crippen LogP contribution is 2.30. The van der Waals surface area contributed by atoms with Gasteiger partial charge in [0.1, 0.15) is 28.8 Å². The number of carbonyl (C=O) groups is 1. The highest BCUT2D eigenvalue weighted by Gasteiger charge is 2.17. The van der Waals surface area contributed by atoms with E-state index >= 15 is 0 Å². The van der Waals surface area contributed by atoms with E-state index in [0.717, 1.165) is 22.6 Å². The van der Waals surface area contributed by atoms with E-state index in [9.17, 15) is 4.79 Å². The Hall–Kier alpha value is -3.35. The number of halogens is 2. The zero-order chi connectivity index (χ0) is 26.9. The van der Waals surface area contributed by atoms with Gasteiger partial charge in [-0.05, 0) is 74.0 Å². The Morgan fingerprint density at radius 3 is 1.58 bits per heavy atom. The molecule has 4 aromatic carbocycles. The van der Waals surface area contributed by atoms with Gasteiger partial charge in [-0.25, -0.2) is 0 Å². The second kappa shape index (κ2) is 13.4. The lowest BCUT2D eigenvalue weighted by Crippen LogP contribution is -2.34. The highest BCUT2D eigenvalue weighted by molar-refractivity contribution is 6.30. The largest absolute Gasteiger partial charge is 0.457 e. The van der Waals surface area contributed by atoms with Gasteiger partial charge in [0.15, 0.2) is 0 Å². The maximum Gasteiger partial charge on any atom is 0.146 e. The van der Waals surface area contributed by atoms with Gasteiger partial charge in [0.2, 0.25) is 0 Å². The van der Waals surface area contributed by atoms with E-state index < -0.39 is 6.04 Å². The van der Waals surface area contributed by atoms with Crippen LogP contribution in [0.25, 0.3) is 0 Å². The molecule has 7 heteroatoms. The first kappa shape index (κ1) is 27.7. The molecule has 4 rings (SSSR count). The average Bonchev–Trinajstić information content (AvgIpc) is 2.91. The van der Waals surface area contributed by atoms with Crippen molar-refractivity contribution in [3.8, 4) is 23.0 Å². The van der Waals surface area contributed by atoms with Crippen LogP contribution in [0.2, 0.25) is 10.0 Å². The molecule has 0 aliphatic rings. The summed E-state index contributed by atoms with van der Waals surface area (Å²) in [5.74, 6) is 2.88. The zero-order valence-electron chi connectivity index (χ0n) is 21.1. The molecular formula is C31H30Cl2N2O3. The number of rotatable bonds is 12. The summed E-state index contributed by atoms with van der Waals surface area (Å²) < 4.78 is 12.4. The summed E-state index contributed by atoms with van der Waals surface area (Å²) in [7, 11) is 0. The molecule has 0 spiro atoms. The minimum Gasteiger partial charge on any atom is -0.457 e. The summed E-state index contributed by atoms with van der Waals surface area (Å²) in [5.41, 5.74) is 8.11. The van der Waals surface area contributed by atoms with E-state index in [0.29, 0.717) is 47.6 Å². The van der Waals surface area contributed by atoms with Gasteiger partial charge in [0.05, 0.1) is 6.04 Å². The molecule has 0 amide bonds. The van der Waals surface area contributed by atoms with Crippen molar-refractivity contribution in [2.45, 2.75) is 32.5 Å². The predicted octanol–water partition coefficient (Wildman–Crippen LogP) is 7.89. The number of nitrogens with two attached hydrogens (primary N) is 1. The van der Waals surface area contributed by atoms with Crippen molar-refractivity contribution >= 4 is 29.0 Å². The van der Waals surface area contributed by atoms with Gasteiger partial charge in [-0.3, -0.25) is 9.69 Å². The Morgan fingerprint density at radius 2 is 1.16 bits per heavy atom. The van der Waals surface area contributed by atoms with Crippen molar-refractivity contribution in [1.82, 2.24) is 4.90 Å². The third kappa shape index (κ3) is 8.07. The molecule has 0 radical (unpaired) electrons. The molecule has 0 aliphatic carbocycles. The number of hydrogen-bond donors (Lipinski definition) is 1. The normalized spacial score (nSPS) is 11.8. The standard InChI is InChI=1S/C31H30Cl2N2O3/c1-22(36)29(34)18-19-35(20-23-6-2-4-8-30(23)37-27-14-10-25(32)11-15-27)21-24-7-3-5-9-31(24)38-28-16-12-26(33)13-17-28/h2-17,29H,18-21,34H2,1H3/t29-/m0/s1. The molecule has 0 saturated carbocycles. The number of nitrogens with zero attached hydrogens (tertiary/aromatic N) is 1. The van der Waals surface area contributed by atoms with Crippen LogP contribution in [0.4, 0.5) is 0 Å². The van der Waals surface area contributed by atoms with Gasteiger partial charge in [-0.1, -0.05) is 59.6 Å². The van der Waals surface area contributed by atoms with Gasteiger partial charge in [0.25, 0.3) is 0 Å². The summed E-state index contributed by atoms with van der Waals surface area (Å²) in [6.45, 7) is 3.32. The molecule has 5 nitrogen and oxygen atoms in total. The first-order valence-corrected chi connectivity index (χ1v) is 13.1. The predicted molar refractivity (Wildman–Crippen MR) is 153 cm³/mol. The first-order chi connectivity index (χ1) is 18.4. The number of para-hydroxylation sites is 2. The molecule has 0 heterocycles. The molecule has 0 bridgehead atoms. The van der Waals surface area contributed by atoms with Gasteiger partial charge >= 0.3 is 0 Å². The summed E-state index contributed by atoms with van der Waals surface area (Å²) in [6, 6.07) is 29.9. The van der Waals surface area contributed by atoms with Crippen LogP contribution in [0.1, 0.15) is 24.5 Å². The van der Waals surface area contributed by atoms with Gasteiger partial charge in [0, 0.05) is 40.8 Å². The van der Waals surface area contributed by atoms with Crippen LogP contribution in [0.3, 0.4) is 0 Å². The summed E-state index contributed by atoms with van der Waals surface area (Å²) >= 11 is 12.1. The number of ketones is 1. The van der Waals surface area contributed by atoms with Crippen molar-refractivity contribution in [3.63, 3.8) is 0 Å². The fraction of sp³-hybridized carbons (Fsp3) is 0.194. The van der Waals surface area contributed by atoms with E-state index in [4.69, 9.17) is 38.4 Å². The van der Waals surface area contributed by atoms with Crippen LogP contribution in [0.5, 0.6) is 23.0 Å². The third-order valence-electron chi connectivity index (χ3n) is 6.09. The molecule has 1 atom stereocenters.